The molecule has 0 unspecified atom stereocenters. The smallest absolute Gasteiger partial charge is 0.215 e. The van der Waals surface area contributed by atoms with E-state index < -0.39 is 41.0 Å². The number of hydrogen-bond donors (Lipinski definition) is 1. The van der Waals surface area contributed by atoms with Crippen LogP contribution in [0.2, 0.25) is 0 Å². The first kappa shape index (κ1) is 14.2. The van der Waals surface area contributed by atoms with E-state index in [1.165, 1.54) is 0 Å². The third-order valence-electron chi connectivity index (χ3n) is 3.19. The molecule has 0 spiro atoms. The van der Waals surface area contributed by atoms with Crippen LogP contribution in [0.1, 0.15) is 12.8 Å². The van der Waals surface area contributed by atoms with Gasteiger partial charge in [-0.25, -0.2) is 30.0 Å². The highest BCUT2D eigenvalue weighted by Crippen LogP contribution is 2.20. The van der Waals surface area contributed by atoms with Crippen molar-refractivity contribution < 1.29 is 25.3 Å². The van der Waals surface area contributed by atoms with Crippen LogP contribution in [0, 0.1) is 0 Å². The lowest BCUT2D eigenvalue weighted by atomic mass is 10.3. The molecule has 2 aliphatic heterocycles. The molecule has 0 amide bonds. The molecule has 1 N–H and O–H groups in total. The summed E-state index contributed by atoms with van der Waals surface area (Å²) in [5.41, 5.74) is 0. The molecular weight excluding hydrogens is 302 g/mol. The topological polar surface area (TPSA) is 114 Å². The van der Waals surface area contributed by atoms with Gasteiger partial charge in [-0.1, -0.05) is 0 Å². The Morgan fingerprint density at radius 2 is 1.44 bits per heavy atom. The molecule has 2 saturated heterocycles. The van der Waals surface area contributed by atoms with Crippen molar-refractivity contribution in [1.82, 2.24) is 4.72 Å². The van der Waals surface area contributed by atoms with Gasteiger partial charge in [0.1, 0.15) is 0 Å². The highest BCUT2D eigenvalue weighted by Gasteiger charge is 2.39. The Balaban J connectivity index is 2.05. The van der Waals surface area contributed by atoms with E-state index in [-0.39, 0.29) is 35.9 Å². The molecule has 0 aromatic rings. The Kier molecular flexibility index (Phi) is 3.50. The largest absolute Gasteiger partial charge is 0.229 e. The molecule has 2 heterocycles. The Labute approximate surface area is 107 Å². The fourth-order valence-electron chi connectivity index (χ4n) is 2.22. The molecule has 0 saturated carbocycles. The molecule has 18 heavy (non-hydrogen) atoms. The summed E-state index contributed by atoms with van der Waals surface area (Å²) in [5, 5.41) is -0.953. The van der Waals surface area contributed by atoms with Gasteiger partial charge in [0, 0.05) is 6.04 Å². The van der Waals surface area contributed by atoms with Crippen LogP contribution in [0.4, 0.5) is 0 Å². The monoisotopic (exact) mass is 317 g/mol. The molecule has 0 radical (unpaired) electrons. The summed E-state index contributed by atoms with van der Waals surface area (Å²) in [7, 11) is -10.2. The molecule has 0 bridgehead atoms. The second-order valence-electron chi connectivity index (χ2n) is 4.79. The average Bonchev–Trinajstić information content (AvgIpc) is 2.69. The molecule has 2 aliphatic rings. The second kappa shape index (κ2) is 4.43. The molecule has 2 atom stereocenters. The highest BCUT2D eigenvalue weighted by molar-refractivity contribution is 7.95. The summed E-state index contributed by atoms with van der Waals surface area (Å²) < 4.78 is 71.1. The summed E-state index contributed by atoms with van der Waals surface area (Å²) in [6.07, 6.45) is 0.332. The summed E-state index contributed by atoms with van der Waals surface area (Å²) in [6, 6.07) is -0.622. The predicted molar refractivity (Wildman–Crippen MR) is 66.2 cm³/mol. The Morgan fingerprint density at radius 1 is 0.889 bits per heavy atom. The Hall–Kier alpha value is -0.190. The van der Waals surface area contributed by atoms with Gasteiger partial charge in [-0.2, -0.15) is 0 Å². The maximum absolute atomic E-state index is 11.9. The minimum Gasteiger partial charge on any atom is -0.229 e. The van der Waals surface area contributed by atoms with Crippen molar-refractivity contribution in [2.45, 2.75) is 24.1 Å². The number of sulfonamides is 1. The zero-order valence-corrected chi connectivity index (χ0v) is 12.0. The van der Waals surface area contributed by atoms with E-state index in [9.17, 15) is 25.3 Å². The molecule has 0 aromatic heterocycles. The lowest BCUT2D eigenvalue weighted by Crippen LogP contribution is -2.42. The predicted octanol–water partition coefficient (Wildman–Crippen LogP) is -1.72. The van der Waals surface area contributed by atoms with Crippen molar-refractivity contribution in [2.24, 2.45) is 0 Å². The van der Waals surface area contributed by atoms with E-state index in [4.69, 9.17) is 0 Å². The highest BCUT2D eigenvalue weighted by atomic mass is 32.2. The lowest BCUT2D eigenvalue weighted by molar-refractivity contribution is 0.550. The zero-order valence-electron chi connectivity index (χ0n) is 9.57. The van der Waals surface area contributed by atoms with Gasteiger partial charge in [0.05, 0.1) is 28.3 Å². The standard InChI is InChI=1S/C8H15NO6S3/c10-16(11)3-1-7(5-16)9-18(14,15)8-2-4-17(12,13)6-8/h7-9H,1-6H2/t7-,8+/m0/s1. The van der Waals surface area contributed by atoms with Crippen molar-refractivity contribution in [1.29, 1.82) is 0 Å². The van der Waals surface area contributed by atoms with Gasteiger partial charge in [-0.15, -0.1) is 0 Å². The quantitative estimate of drug-likeness (QED) is 0.662. The third-order valence-corrected chi connectivity index (χ3v) is 8.88. The van der Waals surface area contributed by atoms with Gasteiger partial charge in [-0.05, 0) is 12.8 Å². The van der Waals surface area contributed by atoms with E-state index in [2.05, 4.69) is 4.72 Å². The van der Waals surface area contributed by atoms with Gasteiger partial charge in [-0.3, -0.25) is 0 Å². The van der Waals surface area contributed by atoms with Gasteiger partial charge < -0.3 is 0 Å². The summed E-state index contributed by atoms with van der Waals surface area (Å²) in [6.45, 7) is 0. The Bertz CT molecular complexity index is 632. The SMILES string of the molecule is O=S1(=O)CC[C@H](NS(=O)(=O)[C@@H]2CCS(=O)(=O)C2)C1. The van der Waals surface area contributed by atoms with E-state index in [1.54, 1.807) is 0 Å². The van der Waals surface area contributed by atoms with Crippen molar-refractivity contribution in [2.75, 3.05) is 23.0 Å². The van der Waals surface area contributed by atoms with Crippen LogP contribution in [0.5, 0.6) is 0 Å². The van der Waals surface area contributed by atoms with Gasteiger partial charge in [0.2, 0.25) is 10.0 Å². The van der Waals surface area contributed by atoms with Crippen molar-refractivity contribution in [3.8, 4) is 0 Å². The van der Waals surface area contributed by atoms with Crippen molar-refractivity contribution >= 4 is 29.7 Å². The van der Waals surface area contributed by atoms with E-state index >= 15 is 0 Å². The number of rotatable bonds is 3. The van der Waals surface area contributed by atoms with Crippen molar-refractivity contribution in [3.05, 3.63) is 0 Å². The first-order chi connectivity index (χ1) is 8.10. The molecule has 10 heteroatoms. The van der Waals surface area contributed by atoms with Crippen molar-refractivity contribution in [3.63, 3.8) is 0 Å². The van der Waals surface area contributed by atoms with E-state index in [1.807, 2.05) is 0 Å². The van der Waals surface area contributed by atoms with Crippen LogP contribution in [0.25, 0.3) is 0 Å². The van der Waals surface area contributed by atoms with Gasteiger partial charge in [0.25, 0.3) is 0 Å². The van der Waals surface area contributed by atoms with E-state index in [0.717, 1.165) is 0 Å². The fraction of sp³-hybridized carbons (Fsp3) is 1.00. The van der Waals surface area contributed by atoms with Crippen LogP contribution in [-0.4, -0.2) is 59.6 Å². The summed E-state index contributed by atoms with van der Waals surface area (Å²) in [4.78, 5) is 0. The summed E-state index contributed by atoms with van der Waals surface area (Å²) in [5.74, 6) is -0.724. The van der Waals surface area contributed by atoms with E-state index in [0.29, 0.717) is 0 Å². The second-order valence-corrected chi connectivity index (χ2v) is 11.2. The number of hydrogen-bond acceptors (Lipinski definition) is 6. The van der Waals surface area contributed by atoms with Gasteiger partial charge >= 0.3 is 0 Å². The lowest BCUT2D eigenvalue weighted by Gasteiger charge is -2.15. The summed E-state index contributed by atoms with van der Waals surface area (Å²) >= 11 is 0. The maximum Gasteiger partial charge on any atom is 0.215 e. The maximum atomic E-state index is 11.9. The average molecular weight is 317 g/mol. The van der Waals surface area contributed by atoms with Crippen LogP contribution >= 0.6 is 0 Å². The minimum absolute atomic E-state index is 0.0247. The molecule has 2 fully saturated rings. The van der Waals surface area contributed by atoms with Crippen LogP contribution in [-0.2, 0) is 29.7 Å². The van der Waals surface area contributed by atoms with Crippen LogP contribution in [0.15, 0.2) is 0 Å². The Morgan fingerprint density at radius 3 is 1.89 bits per heavy atom. The molecule has 7 nitrogen and oxygen atoms in total. The molecule has 106 valence electrons. The number of nitrogens with one attached hydrogen (secondary N) is 1. The number of sulfone groups is 2. The molecule has 0 aromatic carbocycles. The molecular formula is C8H15NO6S3. The molecule has 0 aliphatic carbocycles. The fourth-order valence-corrected chi connectivity index (χ4v) is 8.32. The van der Waals surface area contributed by atoms with Gasteiger partial charge in [0.15, 0.2) is 19.7 Å². The zero-order chi connectivity index (χ0) is 13.6. The van der Waals surface area contributed by atoms with Crippen LogP contribution < -0.4 is 4.72 Å². The first-order valence-electron chi connectivity index (χ1n) is 5.52. The minimum atomic E-state index is -3.76. The third kappa shape index (κ3) is 3.22. The molecule has 2 rings (SSSR count). The normalized spacial score (nSPS) is 34.7. The van der Waals surface area contributed by atoms with Crippen LogP contribution in [0.3, 0.4) is 0 Å². The first-order valence-corrected chi connectivity index (χ1v) is 10.7.